The number of aromatic nitrogens is 1. The molecule has 0 saturated heterocycles. The first kappa shape index (κ1) is 11.0. The van der Waals surface area contributed by atoms with Crippen LogP contribution < -0.4 is 0 Å². The van der Waals surface area contributed by atoms with Crippen molar-refractivity contribution in [3.63, 3.8) is 0 Å². The van der Waals surface area contributed by atoms with Crippen LogP contribution in [0.15, 0.2) is 42.7 Å². The van der Waals surface area contributed by atoms with E-state index in [1.807, 2.05) is 0 Å². The zero-order valence-electron chi connectivity index (χ0n) is 8.27. The monoisotopic (exact) mass is 237 g/mol. The lowest BCUT2D eigenvalue weighted by Crippen LogP contribution is -2.01. The largest absolute Gasteiger partial charge is 0.384 e. The molecule has 0 radical (unpaired) electrons. The fourth-order valence-corrected chi connectivity index (χ4v) is 1.67. The molecule has 0 fully saturated rings. The Bertz CT molecular complexity index is 490. The van der Waals surface area contributed by atoms with E-state index in [0.29, 0.717) is 16.1 Å². The van der Waals surface area contributed by atoms with Crippen molar-refractivity contribution in [3.8, 4) is 0 Å². The van der Waals surface area contributed by atoms with Crippen molar-refractivity contribution in [1.29, 1.82) is 0 Å². The number of hydrogen-bond acceptors (Lipinski definition) is 2. The predicted molar refractivity (Wildman–Crippen MR) is 59.7 cm³/mol. The van der Waals surface area contributed by atoms with Crippen LogP contribution in [0.3, 0.4) is 0 Å². The highest BCUT2D eigenvalue weighted by atomic mass is 35.5. The third-order valence-corrected chi connectivity index (χ3v) is 2.62. The summed E-state index contributed by atoms with van der Waals surface area (Å²) in [6.45, 7) is 0. The number of aliphatic hydroxyl groups is 1. The summed E-state index contributed by atoms with van der Waals surface area (Å²) in [4.78, 5) is 3.84. The molecule has 2 rings (SSSR count). The number of halogens is 2. The van der Waals surface area contributed by atoms with Crippen LogP contribution in [0.25, 0.3) is 0 Å². The Morgan fingerprint density at radius 1 is 1.19 bits per heavy atom. The Balaban J connectivity index is 2.41. The van der Waals surface area contributed by atoms with Crippen LogP contribution in [0.5, 0.6) is 0 Å². The summed E-state index contributed by atoms with van der Waals surface area (Å²) < 4.78 is 13.0. The molecule has 0 spiro atoms. The van der Waals surface area contributed by atoms with Crippen LogP contribution in [0.2, 0.25) is 5.02 Å². The number of pyridine rings is 1. The molecule has 82 valence electrons. The summed E-state index contributed by atoms with van der Waals surface area (Å²) in [7, 11) is 0. The number of aliphatic hydroxyl groups excluding tert-OH is 1. The summed E-state index contributed by atoms with van der Waals surface area (Å²) >= 11 is 5.90. The molecule has 0 bridgehead atoms. The molecule has 0 aliphatic heterocycles. The molecule has 1 atom stereocenters. The van der Waals surface area contributed by atoms with Crippen LogP contribution in [0.1, 0.15) is 17.2 Å². The van der Waals surface area contributed by atoms with Crippen LogP contribution in [-0.4, -0.2) is 10.1 Å². The van der Waals surface area contributed by atoms with Crippen LogP contribution in [0, 0.1) is 5.82 Å². The Hall–Kier alpha value is -1.45. The minimum absolute atomic E-state index is 0.339. The maximum absolute atomic E-state index is 13.0. The first-order valence-electron chi connectivity index (χ1n) is 4.71. The fraction of sp³-hybridized carbons (Fsp3) is 0.0833. The number of benzene rings is 1. The molecule has 1 aromatic carbocycles. The van der Waals surface area contributed by atoms with Crippen LogP contribution in [-0.2, 0) is 0 Å². The van der Waals surface area contributed by atoms with E-state index in [1.165, 1.54) is 18.2 Å². The van der Waals surface area contributed by atoms with Crippen molar-refractivity contribution in [2.24, 2.45) is 0 Å². The average molecular weight is 238 g/mol. The lowest BCUT2D eigenvalue weighted by Gasteiger charge is -2.12. The van der Waals surface area contributed by atoms with Gasteiger partial charge in [0.2, 0.25) is 0 Å². The molecule has 1 N–H and O–H groups in total. The van der Waals surface area contributed by atoms with Gasteiger partial charge in [0.15, 0.2) is 0 Å². The van der Waals surface area contributed by atoms with E-state index < -0.39 is 11.9 Å². The zero-order chi connectivity index (χ0) is 11.5. The zero-order valence-corrected chi connectivity index (χ0v) is 9.03. The summed E-state index contributed by atoms with van der Waals surface area (Å²) in [5, 5.41) is 10.4. The topological polar surface area (TPSA) is 33.1 Å². The van der Waals surface area contributed by atoms with Crippen LogP contribution in [0.4, 0.5) is 4.39 Å². The van der Waals surface area contributed by atoms with Gasteiger partial charge in [-0.25, -0.2) is 4.39 Å². The molecule has 0 aliphatic rings. The first-order chi connectivity index (χ1) is 7.68. The highest BCUT2D eigenvalue weighted by Crippen LogP contribution is 2.28. The molecule has 2 nitrogen and oxygen atoms in total. The SMILES string of the molecule is OC(c1ccncc1)c1cc(F)ccc1Cl. The average Bonchev–Trinajstić information content (AvgIpc) is 2.32. The highest BCUT2D eigenvalue weighted by molar-refractivity contribution is 6.31. The maximum Gasteiger partial charge on any atom is 0.123 e. The molecule has 4 heteroatoms. The predicted octanol–water partition coefficient (Wildman–Crippen LogP) is 2.96. The molecule has 0 aliphatic carbocycles. The third-order valence-electron chi connectivity index (χ3n) is 2.27. The number of rotatable bonds is 2. The van der Waals surface area contributed by atoms with E-state index >= 15 is 0 Å². The molecular weight excluding hydrogens is 229 g/mol. The van der Waals surface area contributed by atoms with Gasteiger partial charge in [-0.05, 0) is 35.9 Å². The molecular formula is C12H9ClFNO. The van der Waals surface area contributed by atoms with Crippen molar-refractivity contribution in [3.05, 3.63) is 64.7 Å². The Morgan fingerprint density at radius 2 is 1.88 bits per heavy atom. The Labute approximate surface area is 97.3 Å². The lowest BCUT2D eigenvalue weighted by atomic mass is 10.0. The molecule has 0 saturated carbocycles. The maximum atomic E-state index is 13.0. The Kier molecular flexibility index (Phi) is 3.17. The number of nitrogens with zero attached hydrogens (tertiary/aromatic N) is 1. The van der Waals surface area contributed by atoms with Gasteiger partial charge < -0.3 is 5.11 Å². The van der Waals surface area contributed by atoms with E-state index in [4.69, 9.17) is 11.6 Å². The fourth-order valence-electron chi connectivity index (χ4n) is 1.45. The van der Waals surface area contributed by atoms with E-state index in [0.717, 1.165) is 0 Å². The third kappa shape index (κ3) is 2.21. The molecule has 2 aromatic rings. The minimum atomic E-state index is -0.939. The van der Waals surface area contributed by atoms with Crippen LogP contribution >= 0.6 is 11.6 Å². The van der Waals surface area contributed by atoms with Crippen molar-refractivity contribution >= 4 is 11.6 Å². The second-order valence-electron chi connectivity index (χ2n) is 3.35. The van der Waals surface area contributed by atoms with E-state index in [-0.39, 0.29) is 0 Å². The van der Waals surface area contributed by atoms with Gasteiger partial charge in [0.1, 0.15) is 11.9 Å². The number of hydrogen-bond donors (Lipinski definition) is 1. The second-order valence-corrected chi connectivity index (χ2v) is 3.76. The van der Waals surface area contributed by atoms with Crippen molar-refractivity contribution in [1.82, 2.24) is 4.98 Å². The van der Waals surface area contributed by atoms with Gasteiger partial charge in [-0.1, -0.05) is 11.6 Å². The van der Waals surface area contributed by atoms with Gasteiger partial charge in [-0.3, -0.25) is 4.98 Å². The van der Waals surface area contributed by atoms with E-state index in [2.05, 4.69) is 4.98 Å². The van der Waals surface area contributed by atoms with Gasteiger partial charge in [-0.15, -0.1) is 0 Å². The smallest absolute Gasteiger partial charge is 0.123 e. The van der Waals surface area contributed by atoms with Crippen molar-refractivity contribution in [2.45, 2.75) is 6.10 Å². The summed E-state index contributed by atoms with van der Waals surface area (Å²) in [5.41, 5.74) is 0.982. The van der Waals surface area contributed by atoms with Gasteiger partial charge in [0.25, 0.3) is 0 Å². The molecule has 1 aromatic heterocycles. The Morgan fingerprint density at radius 3 is 2.56 bits per heavy atom. The summed E-state index contributed by atoms with van der Waals surface area (Å²) in [6, 6.07) is 7.23. The molecule has 1 heterocycles. The van der Waals surface area contributed by atoms with Gasteiger partial charge in [0, 0.05) is 23.0 Å². The van der Waals surface area contributed by atoms with Gasteiger partial charge in [0.05, 0.1) is 0 Å². The summed E-state index contributed by atoms with van der Waals surface area (Å²) in [5.74, 6) is -0.424. The normalized spacial score (nSPS) is 12.4. The molecule has 0 amide bonds. The molecule has 1 unspecified atom stereocenters. The van der Waals surface area contributed by atoms with E-state index in [1.54, 1.807) is 24.5 Å². The van der Waals surface area contributed by atoms with Crippen molar-refractivity contribution in [2.75, 3.05) is 0 Å². The minimum Gasteiger partial charge on any atom is -0.384 e. The molecule has 16 heavy (non-hydrogen) atoms. The van der Waals surface area contributed by atoms with E-state index in [9.17, 15) is 9.50 Å². The standard InChI is InChI=1S/C12H9ClFNO/c13-11-2-1-9(14)7-10(11)12(16)8-3-5-15-6-4-8/h1-7,12,16H. The van der Waals surface area contributed by atoms with Gasteiger partial charge in [-0.2, -0.15) is 0 Å². The highest BCUT2D eigenvalue weighted by Gasteiger charge is 2.14. The second kappa shape index (κ2) is 4.60. The summed E-state index contributed by atoms with van der Waals surface area (Å²) in [6.07, 6.45) is 2.18. The first-order valence-corrected chi connectivity index (χ1v) is 5.09. The van der Waals surface area contributed by atoms with Crippen molar-refractivity contribution < 1.29 is 9.50 Å². The van der Waals surface area contributed by atoms with Gasteiger partial charge >= 0.3 is 0 Å². The quantitative estimate of drug-likeness (QED) is 0.871. The lowest BCUT2D eigenvalue weighted by molar-refractivity contribution is 0.220.